The van der Waals surface area contributed by atoms with Gasteiger partial charge in [0.15, 0.2) is 0 Å². The number of rotatable bonds is 5. The molecular weight excluding hydrogens is 248 g/mol. The highest BCUT2D eigenvalue weighted by atomic mass is 16.5. The SMILES string of the molecule is COCc1cccc(CNc2c(C)cccc2C#N)c1. The number of hydrogen-bond donors (Lipinski definition) is 1. The molecule has 102 valence electrons. The van der Waals surface area contributed by atoms with Gasteiger partial charge in [0.25, 0.3) is 0 Å². The van der Waals surface area contributed by atoms with Gasteiger partial charge in [0.2, 0.25) is 0 Å². The second-order valence-electron chi connectivity index (χ2n) is 4.72. The lowest BCUT2D eigenvalue weighted by Crippen LogP contribution is -2.03. The second-order valence-corrected chi connectivity index (χ2v) is 4.72. The summed E-state index contributed by atoms with van der Waals surface area (Å²) in [6.07, 6.45) is 0. The predicted molar refractivity (Wildman–Crippen MR) is 80.4 cm³/mol. The van der Waals surface area contributed by atoms with Gasteiger partial charge < -0.3 is 10.1 Å². The number of ether oxygens (including phenoxy) is 1. The molecule has 0 spiro atoms. The smallest absolute Gasteiger partial charge is 0.101 e. The highest BCUT2D eigenvalue weighted by Crippen LogP contribution is 2.20. The molecule has 0 aliphatic rings. The van der Waals surface area contributed by atoms with E-state index in [9.17, 15) is 0 Å². The number of benzene rings is 2. The average molecular weight is 266 g/mol. The van der Waals surface area contributed by atoms with E-state index in [0.29, 0.717) is 18.7 Å². The van der Waals surface area contributed by atoms with Crippen molar-refractivity contribution in [1.82, 2.24) is 0 Å². The topological polar surface area (TPSA) is 45.0 Å². The first-order chi connectivity index (χ1) is 9.74. The minimum Gasteiger partial charge on any atom is -0.380 e. The lowest BCUT2D eigenvalue weighted by atomic mass is 10.1. The number of methoxy groups -OCH3 is 1. The first-order valence-corrected chi connectivity index (χ1v) is 6.55. The number of para-hydroxylation sites is 1. The van der Waals surface area contributed by atoms with Crippen molar-refractivity contribution >= 4 is 5.69 Å². The Balaban J connectivity index is 2.13. The molecule has 2 aromatic rings. The average Bonchev–Trinajstić information content (AvgIpc) is 2.46. The predicted octanol–water partition coefficient (Wildman–Crippen LogP) is 3.63. The van der Waals surface area contributed by atoms with E-state index in [2.05, 4.69) is 23.5 Å². The van der Waals surface area contributed by atoms with Crippen molar-refractivity contribution in [3.63, 3.8) is 0 Å². The van der Waals surface area contributed by atoms with Gasteiger partial charge in [-0.05, 0) is 29.7 Å². The normalized spacial score (nSPS) is 10.1. The Bertz CT molecular complexity index is 629. The lowest BCUT2D eigenvalue weighted by Gasteiger charge is -2.12. The Morgan fingerprint density at radius 1 is 1.15 bits per heavy atom. The van der Waals surface area contributed by atoms with Gasteiger partial charge in [-0.15, -0.1) is 0 Å². The van der Waals surface area contributed by atoms with Gasteiger partial charge in [-0.1, -0.05) is 36.4 Å². The summed E-state index contributed by atoms with van der Waals surface area (Å²) in [6.45, 7) is 3.31. The van der Waals surface area contributed by atoms with Crippen LogP contribution in [0.3, 0.4) is 0 Å². The van der Waals surface area contributed by atoms with Crippen molar-refractivity contribution in [2.45, 2.75) is 20.1 Å². The summed E-state index contributed by atoms with van der Waals surface area (Å²) in [7, 11) is 1.69. The van der Waals surface area contributed by atoms with Crippen LogP contribution in [0.5, 0.6) is 0 Å². The van der Waals surface area contributed by atoms with E-state index in [1.54, 1.807) is 7.11 Å². The summed E-state index contributed by atoms with van der Waals surface area (Å²) in [6, 6.07) is 16.2. The summed E-state index contributed by atoms with van der Waals surface area (Å²) in [5.74, 6) is 0. The van der Waals surface area contributed by atoms with Gasteiger partial charge >= 0.3 is 0 Å². The van der Waals surface area contributed by atoms with Crippen molar-refractivity contribution in [3.8, 4) is 6.07 Å². The maximum absolute atomic E-state index is 9.15. The molecule has 20 heavy (non-hydrogen) atoms. The van der Waals surface area contributed by atoms with Gasteiger partial charge in [0.1, 0.15) is 6.07 Å². The fourth-order valence-electron chi connectivity index (χ4n) is 2.18. The first-order valence-electron chi connectivity index (χ1n) is 6.55. The van der Waals surface area contributed by atoms with Crippen LogP contribution in [0.2, 0.25) is 0 Å². The summed E-state index contributed by atoms with van der Waals surface area (Å²) >= 11 is 0. The zero-order valence-electron chi connectivity index (χ0n) is 11.8. The largest absolute Gasteiger partial charge is 0.380 e. The molecule has 0 aliphatic carbocycles. The van der Waals surface area contributed by atoms with E-state index in [1.165, 1.54) is 5.56 Å². The number of nitrogens with one attached hydrogen (secondary N) is 1. The Morgan fingerprint density at radius 3 is 2.65 bits per heavy atom. The number of hydrogen-bond acceptors (Lipinski definition) is 3. The molecule has 0 heterocycles. The van der Waals surface area contributed by atoms with Crippen molar-refractivity contribution in [3.05, 3.63) is 64.7 Å². The van der Waals surface area contributed by atoms with Crippen molar-refractivity contribution in [2.75, 3.05) is 12.4 Å². The highest BCUT2D eigenvalue weighted by molar-refractivity contribution is 5.62. The summed E-state index contributed by atoms with van der Waals surface area (Å²) in [4.78, 5) is 0. The lowest BCUT2D eigenvalue weighted by molar-refractivity contribution is 0.185. The molecule has 0 saturated carbocycles. The monoisotopic (exact) mass is 266 g/mol. The molecule has 0 amide bonds. The summed E-state index contributed by atoms with van der Waals surface area (Å²) < 4.78 is 5.14. The molecule has 2 rings (SSSR count). The van der Waals surface area contributed by atoms with Crippen LogP contribution in [0.15, 0.2) is 42.5 Å². The van der Waals surface area contributed by atoms with Crippen LogP contribution in [0, 0.1) is 18.3 Å². The van der Waals surface area contributed by atoms with E-state index < -0.39 is 0 Å². The standard InChI is InChI=1S/C17H18N2O/c1-13-5-3-8-16(10-18)17(13)19-11-14-6-4-7-15(9-14)12-20-2/h3-9,19H,11-12H2,1-2H3. The minimum absolute atomic E-state index is 0.613. The zero-order valence-corrected chi connectivity index (χ0v) is 11.8. The van der Waals surface area contributed by atoms with Gasteiger partial charge in [0.05, 0.1) is 17.9 Å². The van der Waals surface area contributed by atoms with Gasteiger partial charge in [-0.3, -0.25) is 0 Å². The molecule has 3 nitrogen and oxygen atoms in total. The maximum atomic E-state index is 9.15. The van der Waals surface area contributed by atoms with Crippen molar-refractivity contribution in [2.24, 2.45) is 0 Å². The number of anilines is 1. The summed E-state index contributed by atoms with van der Waals surface area (Å²) in [5, 5.41) is 12.5. The van der Waals surface area contributed by atoms with E-state index in [-0.39, 0.29) is 0 Å². The molecule has 3 heteroatoms. The first kappa shape index (κ1) is 14.1. The highest BCUT2D eigenvalue weighted by Gasteiger charge is 2.04. The van der Waals surface area contributed by atoms with Crippen LogP contribution in [0.25, 0.3) is 0 Å². The minimum atomic E-state index is 0.613. The Morgan fingerprint density at radius 2 is 1.90 bits per heavy atom. The Hall–Kier alpha value is -2.31. The number of nitriles is 1. The maximum Gasteiger partial charge on any atom is 0.101 e. The van der Waals surface area contributed by atoms with E-state index in [1.807, 2.05) is 37.3 Å². The van der Waals surface area contributed by atoms with E-state index >= 15 is 0 Å². The molecule has 0 saturated heterocycles. The molecule has 0 aliphatic heterocycles. The van der Waals surface area contributed by atoms with Gasteiger partial charge in [-0.2, -0.15) is 5.26 Å². The molecule has 0 bridgehead atoms. The van der Waals surface area contributed by atoms with Crippen molar-refractivity contribution in [1.29, 1.82) is 5.26 Å². The number of nitrogens with zero attached hydrogens (tertiary/aromatic N) is 1. The molecular formula is C17H18N2O. The van der Waals surface area contributed by atoms with Gasteiger partial charge in [-0.25, -0.2) is 0 Å². The third kappa shape index (κ3) is 3.37. The molecule has 0 unspecified atom stereocenters. The van der Waals surface area contributed by atoms with E-state index in [4.69, 9.17) is 10.00 Å². The Labute approximate surface area is 119 Å². The number of aryl methyl sites for hydroxylation is 1. The van der Waals surface area contributed by atoms with Crippen LogP contribution in [-0.2, 0) is 17.9 Å². The fraction of sp³-hybridized carbons (Fsp3) is 0.235. The quantitative estimate of drug-likeness (QED) is 0.899. The molecule has 1 N–H and O–H groups in total. The van der Waals surface area contributed by atoms with Crippen LogP contribution < -0.4 is 5.32 Å². The third-order valence-corrected chi connectivity index (χ3v) is 3.16. The summed E-state index contributed by atoms with van der Waals surface area (Å²) in [5.41, 5.74) is 4.99. The molecule has 0 fully saturated rings. The van der Waals surface area contributed by atoms with Crippen LogP contribution in [0.4, 0.5) is 5.69 Å². The van der Waals surface area contributed by atoms with Crippen LogP contribution >= 0.6 is 0 Å². The second kappa shape index (κ2) is 6.74. The third-order valence-electron chi connectivity index (χ3n) is 3.16. The fourth-order valence-corrected chi connectivity index (χ4v) is 2.18. The van der Waals surface area contributed by atoms with Crippen LogP contribution in [0.1, 0.15) is 22.3 Å². The van der Waals surface area contributed by atoms with Crippen molar-refractivity contribution < 1.29 is 4.74 Å². The molecule has 0 atom stereocenters. The molecule has 2 aromatic carbocycles. The molecule has 0 aromatic heterocycles. The van der Waals surface area contributed by atoms with E-state index in [0.717, 1.165) is 16.8 Å². The molecule has 0 radical (unpaired) electrons. The Kier molecular flexibility index (Phi) is 4.75. The van der Waals surface area contributed by atoms with Gasteiger partial charge in [0, 0.05) is 13.7 Å². The zero-order chi connectivity index (χ0) is 14.4. The van der Waals surface area contributed by atoms with Crippen LogP contribution in [-0.4, -0.2) is 7.11 Å².